The molecule has 0 aromatic rings. The summed E-state index contributed by atoms with van der Waals surface area (Å²) >= 11 is 0. The van der Waals surface area contributed by atoms with E-state index in [1.165, 1.54) is 32.5 Å². The fourth-order valence-electron chi connectivity index (χ4n) is 3.08. The fourth-order valence-corrected chi connectivity index (χ4v) is 3.08. The summed E-state index contributed by atoms with van der Waals surface area (Å²) in [6.45, 7) is 7.95. The zero-order valence-electron chi connectivity index (χ0n) is 10.3. The second-order valence-corrected chi connectivity index (χ2v) is 5.40. The van der Waals surface area contributed by atoms with Crippen molar-refractivity contribution in [2.45, 2.75) is 25.3 Å². The van der Waals surface area contributed by atoms with Gasteiger partial charge in [0.2, 0.25) is 0 Å². The van der Waals surface area contributed by atoms with E-state index in [2.05, 4.69) is 30.8 Å². The predicted molar refractivity (Wildman–Crippen MR) is 62.1 cm³/mol. The number of likely N-dealkylation sites (N-methyl/N-ethyl adjacent to an activating group) is 2. The van der Waals surface area contributed by atoms with Crippen LogP contribution in [0.25, 0.3) is 0 Å². The molecule has 0 saturated carbocycles. The predicted octanol–water partition coefficient (Wildman–Crippen LogP) is 1.05. The monoisotopic (exact) mass is 212 g/mol. The first-order valence-electron chi connectivity index (χ1n) is 6.10. The minimum atomic E-state index is 0.358. The molecule has 2 aliphatic rings. The zero-order chi connectivity index (χ0) is 10.9. The molecule has 2 heterocycles. The van der Waals surface area contributed by atoms with Gasteiger partial charge in [-0.25, -0.2) is 0 Å². The van der Waals surface area contributed by atoms with E-state index in [-0.39, 0.29) is 0 Å². The van der Waals surface area contributed by atoms with E-state index in [0.717, 1.165) is 19.1 Å². The standard InChI is InChI=1S/C12H24N2O/c1-12(11-4-8-15-9-5-11)10-13(2)6-7-14(12)3/h11H,4-10H2,1-3H3. The van der Waals surface area contributed by atoms with E-state index < -0.39 is 0 Å². The molecule has 0 amide bonds. The molecule has 0 bridgehead atoms. The molecule has 1 unspecified atom stereocenters. The molecule has 0 aromatic heterocycles. The van der Waals surface area contributed by atoms with E-state index in [0.29, 0.717) is 5.54 Å². The Morgan fingerprint density at radius 3 is 2.47 bits per heavy atom. The van der Waals surface area contributed by atoms with Gasteiger partial charge in [0.05, 0.1) is 0 Å². The van der Waals surface area contributed by atoms with Gasteiger partial charge in [0.1, 0.15) is 0 Å². The highest BCUT2D eigenvalue weighted by Gasteiger charge is 2.41. The lowest BCUT2D eigenvalue weighted by Gasteiger charge is -2.51. The first kappa shape index (κ1) is 11.4. The number of rotatable bonds is 1. The molecule has 0 aliphatic carbocycles. The summed E-state index contributed by atoms with van der Waals surface area (Å²) < 4.78 is 5.47. The van der Waals surface area contributed by atoms with Gasteiger partial charge >= 0.3 is 0 Å². The Morgan fingerprint density at radius 2 is 1.80 bits per heavy atom. The van der Waals surface area contributed by atoms with Crippen molar-refractivity contribution in [2.24, 2.45) is 5.92 Å². The summed E-state index contributed by atoms with van der Waals surface area (Å²) in [6, 6.07) is 0. The first-order valence-corrected chi connectivity index (χ1v) is 6.10. The van der Waals surface area contributed by atoms with Crippen molar-refractivity contribution in [1.82, 2.24) is 9.80 Å². The Morgan fingerprint density at radius 1 is 1.13 bits per heavy atom. The number of hydrogen-bond donors (Lipinski definition) is 0. The molecule has 3 nitrogen and oxygen atoms in total. The highest BCUT2D eigenvalue weighted by Crippen LogP contribution is 2.34. The van der Waals surface area contributed by atoms with Crippen LogP contribution in [0, 0.1) is 5.92 Å². The van der Waals surface area contributed by atoms with Gasteiger partial charge < -0.3 is 9.64 Å². The Labute approximate surface area is 93.4 Å². The van der Waals surface area contributed by atoms with Crippen molar-refractivity contribution in [3.63, 3.8) is 0 Å². The maximum absolute atomic E-state index is 5.47. The highest BCUT2D eigenvalue weighted by atomic mass is 16.5. The molecule has 3 heteroatoms. The lowest BCUT2D eigenvalue weighted by molar-refractivity contribution is -0.0469. The van der Waals surface area contributed by atoms with Gasteiger partial charge in [-0.1, -0.05) is 0 Å². The average molecular weight is 212 g/mol. The molecule has 2 saturated heterocycles. The lowest BCUT2D eigenvalue weighted by Crippen LogP contribution is -2.62. The van der Waals surface area contributed by atoms with Gasteiger partial charge in [-0.05, 0) is 39.8 Å². The highest BCUT2D eigenvalue weighted by molar-refractivity contribution is 4.97. The minimum Gasteiger partial charge on any atom is -0.381 e. The Hall–Kier alpha value is -0.120. The van der Waals surface area contributed by atoms with Crippen LogP contribution in [0.4, 0.5) is 0 Å². The van der Waals surface area contributed by atoms with Crippen LogP contribution >= 0.6 is 0 Å². The van der Waals surface area contributed by atoms with Crippen LogP contribution in [0.5, 0.6) is 0 Å². The molecule has 2 fully saturated rings. The largest absolute Gasteiger partial charge is 0.381 e. The molecule has 15 heavy (non-hydrogen) atoms. The average Bonchev–Trinajstić information content (AvgIpc) is 2.25. The van der Waals surface area contributed by atoms with Crippen LogP contribution in [-0.2, 0) is 4.74 Å². The van der Waals surface area contributed by atoms with Crippen LogP contribution in [-0.4, -0.2) is 62.3 Å². The molecule has 1 atom stereocenters. The van der Waals surface area contributed by atoms with E-state index in [4.69, 9.17) is 4.74 Å². The second-order valence-electron chi connectivity index (χ2n) is 5.40. The van der Waals surface area contributed by atoms with Gasteiger partial charge in [-0.15, -0.1) is 0 Å². The summed E-state index contributed by atoms with van der Waals surface area (Å²) in [5.74, 6) is 0.805. The minimum absolute atomic E-state index is 0.358. The quantitative estimate of drug-likeness (QED) is 0.646. The van der Waals surface area contributed by atoms with Gasteiger partial charge in [0.15, 0.2) is 0 Å². The SMILES string of the molecule is CN1CCN(C)C(C)(C2CCOCC2)C1. The van der Waals surface area contributed by atoms with Crippen LogP contribution in [0.15, 0.2) is 0 Å². The Balaban J connectivity index is 2.07. The van der Waals surface area contributed by atoms with Crippen molar-refractivity contribution in [2.75, 3.05) is 46.9 Å². The number of nitrogens with zero attached hydrogens (tertiary/aromatic N) is 2. The van der Waals surface area contributed by atoms with Gasteiger partial charge in [-0.3, -0.25) is 4.90 Å². The van der Waals surface area contributed by atoms with Crippen LogP contribution in [0.2, 0.25) is 0 Å². The maximum Gasteiger partial charge on any atom is 0.0469 e. The maximum atomic E-state index is 5.47. The Kier molecular flexibility index (Phi) is 3.33. The first-order chi connectivity index (χ1) is 7.13. The Bertz CT molecular complexity index is 216. The third kappa shape index (κ3) is 2.19. The van der Waals surface area contributed by atoms with Crippen molar-refractivity contribution >= 4 is 0 Å². The number of piperazine rings is 1. The second kappa shape index (κ2) is 4.40. The summed E-state index contributed by atoms with van der Waals surface area (Å²) in [7, 11) is 4.52. The molecule has 0 aromatic carbocycles. The third-order valence-electron chi connectivity index (χ3n) is 4.38. The van der Waals surface area contributed by atoms with E-state index in [1.54, 1.807) is 0 Å². The molecule has 88 valence electrons. The number of ether oxygens (including phenoxy) is 1. The van der Waals surface area contributed by atoms with Crippen molar-refractivity contribution in [3.8, 4) is 0 Å². The third-order valence-corrected chi connectivity index (χ3v) is 4.38. The molecule has 0 radical (unpaired) electrons. The van der Waals surface area contributed by atoms with Crippen LogP contribution in [0.1, 0.15) is 19.8 Å². The lowest BCUT2D eigenvalue weighted by atomic mass is 9.78. The van der Waals surface area contributed by atoms with Crippen LogP contribution < -0.4 is 0 Å². The smallest absolute Gasteiger partial charge is 0.0469 e. The molecular formula is C12H24N2O. The molecule has 2 aliphatic heterocycles. The number of hydrogen-bond acceptors (Lipinski definition) is 3. The van der Waals surface area contributed by atoms with E-state index in [1.807, 2.05) is 0 Å². The van der Waals surface area contributed by atoms with Gasteiger partial charge in [0, 0.05) is 38.4 Å². The summed E-state index contributed by atoms with van der Waals surface area (Å²) in [4.78, 5) is 5.03. The zero-order valence-corrected chi connectivity index (χ0v) is 10.3. The molecule has 0 N–H and O–H groups in total. The topological polar surface area (TPSA) is 15.7 Å². The van der Waals surface area contributed by atoms with Crippen molar-refractivity contribution in [1.29, 1.82) is 0 Å². The fraction of sp³-hybridized carbons (Fsp3) is 1.00. The summed E-state index contributed by atoms with van der Waals surface area (Å²) in [6.07, 6.45) is 2.46. The van der Waals surface area contributed by atoms with E-state index in [9.17, 15) is 0 Å². The molecular weight excluding hydrogens is 188 g/mol. The summed E-state index contributed by atoms with van der Waals surface area (Å²) in [5, 5.41) is 0. The van der Waals surface area contributed by atoms with Crippen LogP contribution in [0.3, 0.4) is 0 Å². The molecule has 0 spiro atoms. The molecule has 2 rings (SSSR count). The van der Waals surface area contributed by atoms with Gasteiger partial charge in [0.25, 0.3) is 0 Å². The van der Waals surface area contributed by atoms with Crippen molar-refractivity contribution in [3.05, 3.63) is 0 Å². The summed E-state index contributed by atoms with van der Waals surface area (Å²) in [5.41, 5.74) is 0.358. The van der Waals surface area contributed by atoms with E-state index >= 15 is 0 Å². The van der Waals surface area contributed by atoms with Crippen molar-refractivity contribution < 1.29 is 4.74 Å². The normalized spacial score (nSPS) is 37.0. The van der Waals surface area contributed by atoms with Gasteiger partial charge in [-0.2, -0.15) is 0 Å².